The van der Waals surface area contributed by atoms with Crippen molar-refractivity contribution in [3.63, 3.8) is 0 Å². The zero-order valence-corrected chi connectivity index (χ0v) is 67.3. The van der Waals surface area contributed by atoms with Crippen molar-refractivity contribution < 1.29 is 62.8 Å². The minimum atomic E-state index is -4.42. The van der Waals surface area contributed by atoms with E-state index in [1.165, 1.54) is 87.4 Å². The summed E-state index contributed by atoms with van der Waals surface area (Å²) in [7, 11) is -5.79. The van der Waals surface area contributed by atoms with Gasteiger partial charge in [-0.25, -0.2) is 8.78 Å². The highest BCUT2D eigenvalue weighted by molar-refractivity contribution is 9.10. The van der Waals surface area contributed by atoms with Gasteiger partial charge in [-0.2, -0.15) is 13.2 Å². The van der Waals surface area contributed by atoms with Gasteiger partial charge in [0.2, 0.25) is 5.91 Å². The van der Waals surface area contributed by atoms with E-state index >= 15 is 0 Å². The molecule has 0 radical (unpaired) electrons. The van der Waals surface area contributed by atoms with Gasteiger partial charge in [-0.1, -0.05) is 246 Å². The lowest BCUT2D eigenvalue weighted by atomic mass is 10.0. The lowest BCUT2D eigenvalue weighted by Gasteiger charge is -2.18. The first-order chi connectivity index (χ1) is 51.5. The number of halogens is 8. The number of thioether (sulfide) groups is 1. The molecule has 0 saturated heterocycles. The molecule has 10 rings (SSSR count). The zero-order valence-electron chi connectivity index (χ0n) is 60.1. The minimum Gasteiger partial charge on any atom is -0.355 e. The highest BCUT2D eigenvalue weighted by Gasteiger charge is 2.32. The summed E-state index contributed by atoms with van der Waals surface area (Å²) in [5, 5.41) is 2.23. The summed E-state index contributed by atoms with van der Waals surface area (Å²) >= 11 is 17.2. The molecule has 0 aliphatic rings. The first-order valence-electron chi connectivity index (χ1n) is 34.0. The van der Waals surface area contributed by atoms with E-state index in [1.54, 1.807) is 72.4 Å². The van der Waals surface area contributed by atoms with Gasteiger partial charge < -0.3 is 5.32 Å². The van der Waals surface area contributed by atoms with Crippen LogP contribution in [0.15, 0.2) is 265 Å². The Labute approximate surface area is 661 Å². The molecule has 0 aliphatic heterocycles. The van der Waals surface area contributed by atoms with E-state index in [9.17, 15) is 62.8 Å². The third-order valence-corrected chi connectivity index (χ3v) is 25.0. The van der Waals surface area contributed by atoms with E-state index in [1.807, 2.05) is 122 Å². The molecule has 0 spiro atoms. The first-order valence-corrected chi connectivity index (χ1v) is 42.1. The summed E-state index contributed by atoms with van der Waals surface area (Å²) in [5.41, 5.74) is 8.38. The Bertz CT molecular complexity index is 4410. The summed E-state index contributed by atoms with van der Waals surface area (Å²) in [4.78, 5) is 57.1. The monoisotopic (exact) mass is 1670 g/mol. The number of hydrogen-bond acceptors (Lipinski definition) is 10. The van der Waals surface area contributed by atoms with Crippen molar-refractivity contribution in [1.82, 2.24) is 5.32 Å². The largest absolute Gasteiger partial charge is 0.416 e. The van der Waals surface area contributed by atoms with Crippen LogP contribution in [0.2, 0.25) is 10.0 Å². The Morgan fingerprint density at radius 3 is 1.08 bits per heavy atom. The van der Waals surface area contributed by atoms with Crippen molar-refractivity contribution in [1.29, 1.82) is 0 Å². The summed E-state index contributed by atoms with van der Waals surface area (Å²) in [6, 6.07) is 75.7. The van der Waals surface area contributed by atoms with E-state index < -0.39 is 82.3 Å². The minimum absolute atomic E-state index is 0.00366. The molecule has 0 fully saturated rings. The molecule has 23 heteroatoms. The van der Waals surface area contributed by atoms with Crippen molar-refractivity contribution in [2.45, 2.75) is 86.8 Å². The molecule has 0 aromatic heterocycles. The van der Waals surface area contributed by atoms with Crippen LogP contribution < -0.4 is 5.32 Å². The maximum atomic E-state index is 13.4. The number of Topliss-reactive ketones (excluding diaryl/α,β-unsaturated/α-hetero) is 4. The highest BCUT2D eigenvalue weighted by Crippen LogP contribution is 2.38. The van der Waals surface area contributed by atoms with Crippen LogP contribution in [-0.4, -0.2) is 81.2 Å². The average molecular weight is 1670 g/mol. The maximum absolute atomic E-state index is 13.4. The summed E-state index contributed by atoms with van der Waals surface area (Å²) < 4.78 is 116. The van der Waals surface area contributed by atoms with Crippen LogP contribution in [0.3, 0.4) is 0 Å². The quantitative estimate of drug-likeness (QED) is 0.0368. The molecule has 108 heavy (non-hydrogen) atoms. The molecule has 6 unspecified atom stereocenters. The zero-order chi connectivity index (χ0) is 78.9. The number of unbranched alkanes of at least 4 members (excludes halogenated alkanes) is 1. The number of alkyl halides is 3. The molecule has 10 aromatic rings. The summed E-state index contributed by atoms with van der Waals surface area (Å²) in [5.74, 6) is -1.16. The van der Waals surface area contributed by atoms with E-state index in [-0.39, 0.29) is 62.6 Å². The lowest BCUT2D eigenvalue weighted by molar-refractivity contribution is -0.137. The lowest BCUT2D eigenvalue weighted by Crippen LogP contribution is -2.26. The summed E-state index contributed by atoms with van der Waals surface area (Å²) in [6.45, 7) is 10.4. The van der Waals surface area contributed by atoms with Crippen molar-refractivity contribution in [2.75, 3.05) is 35.3 Å². The molecular formula is C85H83BrCl2F5NO9S5. The van der Waals surface area contributed by atoms with Gasteiger partial charge in [0.25, 0.3) is 0 Å². The fourth-order valence-electron chi connectivity index (χ4n) is 10.9. The van der Waals surface area contributed by atoms with E-state index in [0.717, 1.165) is 63.8 Å². The molecule has 6 atom stereocenters. The smallest absolute Gasteiger partial charge is 0.355 e. The van der Waals surface area contributed by atoms with E-state index in [4.69, 9.17) is 23.2 Å². The number of rotatable bonds is 28. The van der Waals surface area contributed by atoms with Gasteiger partial charge in [0.1, 0.15) is 34.8 Å². The predicted molar refractivity (Wildman–Crippen MR) is 436 cm³/mol. The number of aryl methyl sites for hydroxylation is 1. The van der Waals surface area contributed by atoms with Gasteiger partial charge in [0.15, 0.2) is 0 Å². The van der Waals surface area contributed by atoms with Crippen LogP contribution >= 0.6 is 50.9 Å². The van der Waals surface area contributed by atoms with Crippen LogP contribution in [-0.2, 0) is 73.3 Å². The number of nitrogens with one attached hydrogen (secondary N) is 1. The normalized spacial score (nSPS) is 12.7. The van der Waals surface area contributed by atoms with Crippen molar-refractivity contribution in [3.8, 4) is 0 Å². The third kappa shape index (κ3) is 30.5. The van der Waals surface area contributed by atoms with Crippen molar-refractivity contribution in [3.05, 3.63) is 354 Å². The highest BCUT2D eigenvalue weighted by atomic mass is 79.9. The van der Waals surface area contributed by atoms with Gasteiger partial charge in [-0.15, -0.1) is 11.8 Å². The number of carbonyl (C=O) groups is 5. The molecule has 10 aromatic carbocycles. The van der Waals surface area contributed by atoms with Crippen molar-refractivity contribution in [2.24, 2.45) is 0 Å². The molecule has 10 nitrogen and oxygen atoms in total. The van der Waals surface area contributed by atoms with Gasteiger partial charge in [0.05, 0.1) is 60.6 Å². The van der Waals surface area contributed by atoms with Crippen LogP contribution in [0, 0.1) is 18.6 Å². The Morgan fingerprint density at radius 1 is 0.417 bits per heavy atom. The van der Waals surface area contributed by atoms with Crippen LogP contribution in [0.1, 0.15) is 140 Å². The molecule has 0 saturated carbocycles. The van der Waals surface area contributed by atoms with E-state index in [2.05, 4.69) is 52.4 Å². The Kier molecular flexibility index (Phi) is 37.8. The molecule has 1 amide bonds. The fourth-order valence-corrected chi connectivity index (χ4v) is 18.8. The Hall–Kier alpha value is -7.99. The second kappa shape index (κ2) is 45.9. The number of ketones is 4. The number of amides is 1. The Morgan fingerprint density at radius 2 is 0.731 bits per heavy atom. The average Bonchev–Trinajstić information content (AvgIpc) is 0.824. The van der Waals surface area contributed by atoms with Crippen molar-refractivity contribution >= 4 is 123 Å². The van der Waals surface area contributed by atoms with E-state index in [0.29, 0.717) is 38.1 Å². The molecule has 0 aliphatic carbocycles. The van der Waals surface area contributed by atoms with Crippen LogP contribution in [0.25, 0.3) is 0 Å². The SMILES string of the molecule is CC(=O)CS(=O)C(c1ccc(C)cc1)c1ccc(C(F)(F)F)cc1.CC(=O)CS(=O)C(c1cccc(Cl)c1)c1cccc(Cl)c1.CC(=O)CS(=O)C(c1cccc(F)c1)c1cccc(F)c1.CC(=O)CS(=O)C(c1ccccc1)c1cccc(Br)c1.CCCCNC(=O)CSC(c1ccccc1)c1ccccc1. The van der Waals surface area contributed by atoms with Crippen LogP contribution in [0.5, 0.6) is 0 Å². The predicted octanol–water partition coefficient (Wildman–Crippen LogP) is 20.6. The van der Waals surface area contributed by atoms with Gasteiger partial charge in [0, 0.05) is 64.3 Å². The van der Waals surface area contributed by atoms with Gasteiger partial charge in [-0.3, -0.25) is 40.8 Å². The second-order valence-corrected chi connectivity index (χ2v) is 33.8. The molecular weight excluding hydrogens is 1590 g/mol. The number of benzene rings is 10. The maximum Gasteiger partial charge on any atom is 0.416 e. The second-order valence-electron chi connectivity index (χ2n) is 24.9. The number of hydrogen-bond donors (Lipinski definition) is 1. The van der Waals surface area contributed by atoms with Gasteiger partial charge >= 0.3 is 6.18 Å². The number of carbonyl (C=O) groups excluding carboxylic acids is 5. The molecule has 0 heterocycles. The topological polar surface area (TPSA) is 166 Å². The molecule has 568 valence electrons. The fraction of sp³-hybridized carbons (Fsp3) is 0.235. The summed E-state index contributed by atoms with van der Waals surface area (Å²) in [6.07, 6.45) is -2.28. The first kappa shape index (κ1) is 88.9. The van der Waals surface area contributed by atoms with Crippen LogP contribution in [0.4, 0.5) is 22.0 Å². The Balaban J connectivity index is 0.000000211. The standard InChI is InChI=1S/C19H23NOS.C18H17F3O2S.C16H15BrO2S.C16H14Cl2O2S.C16H14F2O2S/c1-2-3-14-20-18(21)15-22-19(16-10-6-4-7-11-16)17-12-8-5-9-13-17;1-12-3-5-14(6-4-12)17(24(23)11-13(2)22)15-7-9-16(10-8-15)18(19,20)21;1-12(18)11-20(19)16(13-6-3-2-4-7-13)14-8-5-9-15(17)10-14;2*1-11(19)10-21(20)16(12-4-2-6-14(17)8-12)13-5-3-7-15(18)9-13/h4-13,19H,2-3,14-15H2,1H3,(H,20,21);3-10,17H,11H2,1-2H3;2-10,16H,11H2,1H3;2*2-9,16H,10H2,1H3. The van der Waals surface area contributed by atoms with Gasteiger partial charge in [-0.05, 0) is 169 Å². The third-order valence-electron chi connectivity index (χ3n) is 15.7. The molecule has 0 bridgehead atoms. The molecule has 1 N–H and O–H groups in total.